The Morgan fingerprint density at radius 3 is 2.17 bits per heavy atom. The van der Waals surface area contributed by atoms with Crippen LogP contribution in [0.1, 0.15) is 65.0 Å². The van der Waals surface area contributed by atoms with Gasteiger partial charge in [-0.1, -0.05) is 40.7 Å². The topological polar surface area (TPSA) is 29.5 Å². The number of hydrogen-bond acceptors (Lipinski definition) is 2. The van der Waals surface area contributed by atoms with Crippen LogP contribution in [-0.4, -0.2) is 19.3 Å². The zero-order chi connectivity index (χ0) is 18.4. The maximum Gasteiger partial charge on any atom is 0.264 e. The third kappa shape index (κ3) is 8.70. The fourth-order valence-corrected chi connectivity index (χ4v) is 1.95. The molecule has 0 bridgehead atoms. The van der Waals surface area contributed by atoms with Crippen LogP contribution in [0, 0.1) is 5.92 Å². The Morgan fingerprint density at radius 2 is 1.78 bits per heavy atom. The lowest BCUT2D eigenvalue weighted by molar-refractivity contribution is 0.151. The lowest BCUT2D eigenvalue weighted by atomic mass is 9.95. The Hall–Kier alpha value is -1.42. The first-order chi connectivity index (χ1) is 11.0. The Morgan fingerprint density at radius 1 is 1.22 bits per heavy atom. The summed E-state index contributed by atoms with van der Waals surface area (Å²) in [5.41, 5.74) is 1.65. The van der Waals surface area contributed by atoms with E-state index < -0.39 is 6.43 Å². The standard InChI is InChI=1S/C16H22F2O.C2H6.CH4O/c1-5-12(7-6-11(2)3)15-10-13(19-4)8-9-14(15)16(17)18;2*1-2/h7-11,16H,5-6H2,1-4H3;1-2H3;2H,1H3/b12-7+;;. The highest BCUT2D eigenvalue weighted by Crippen LogP contribution is 2.33. The number of halogens is 2. The molecule has 0 aliphatic carbocycles. The average Bonchev–Trinajstić information content (AvgIpc) is 2.58. The molecular formula is C19H32F2O2. The Bertz CT molecular complexity index is 441. The van der Waals surface area contributed by atoms with Gasteiger partial charge < -0.3 is 9.84 Å². The van der Waals surface area contributed by atoms with Crippen molar-refractivity contribution in [1.82, 2.24) is 0 Å². The van der Waals surface area contributed by atoms with E-state index in [0.29, 0.717) is 17.2 Å². The van der Waals surface area contributed by atoms with Gasteiger partial charge in [-0.15, -0.1) is 0 Å². The molecule has 1 aromatic rings. The van der Waals surface area contributed by atoms with Crippen LogP contribution in [0.5, 0.6) is 5.75 Å². The fourth-order valence-electron chi connectivity index (χ4n) is 1.95. The SMILES string of the molecule is CC.CC/C(=C\CC(C)C)c1cc(OC)ccc1C(F)F.CO. The van der Waals surface area contributed by atoms with Gasteiger partial charge in [0.2, 0.25) is 0 Å². The first-order valence-corrected chi connectivity index (χ1v) is 8.09. The van der Waals surface area contributed by atoms with Crippen LogP contribution in [0.3, 0.4) is 0 Å². The largest absolute Gasteiger partial charge is 0.497 e. The maximum atomic E-state index is 13.1. The number of ether oxygens (including phenoxy) is 1. The molecule has 0 aliphatic heterocycles. The summed E-state index contributed by atoms with van der Waals surface area (Å²) >= 11 is 0. The molecule has 4 heteroatoms. The van der Waals surface area contributed by atoms with Gasteiger partial charge in [0.15, 0.2) is 0 Å². The molecule has 23 heavy (non-hydrogen) atoms. The van der Waals surface area contributed by atoms with Crippen molar-refractivity contribution in [1.29, 1.82) is 0 Å². The highest BCUT2D eigenvalue weighted by molar-refractivity contribution is 5.69. The normalized spacial score (nSPS) is 10.7. The van der Waals surface area contributed by atoms with Crippen molar-refractivity contribution in [3.8, 4) is 5.75 Å². The van der Waals surface area contributed by atoms with E-state index in [2.05, 4.69) is 19.9 Å². The molecule has 2 nitrogen and oxygen atoms in total. The highest BCUT2D eigenvalue weighted by atomic mass is 19.3. The highest BCUT2D eigenvalue weighted by Gasteiger charge is 2.16. The second-order valence-electron chi connectivity index (χ2n) is 4.97. The Balaban J connectivity index is 0. The number of benzene rings is 1. The van der Waals surface area contributed by atoms with Gasteiger partial charge in [-0.3, -0.25) is 0 Å². The van der Waals surface area contributed by atoms with Gasteiger partial charge in [0.1, 0.15) is 5.75 Å². The van der Waals surface area contributed by atoms with E-state index in [-0.39, 0.29) is 5.56 Å². The third-order valence-corrected chi connectivity index (χ3v) is 3.06. The Labute approximate surface area is 140 Å². The van der Waals surface area contributed by atoms with E-state index in [1.165, 1.54) is 6.07 Å². The monoisotopic (exact) mass is 330 g/mol. The zero-order valence-electron chi connectivity index (χ0n) is 15.5. The molecule has 0 saturated carbocycles. The van der Waals surface area contributed by atoms with Crippen molar-refractivity contribution in [2.24, 2.45) is 5.92 Å². The van der Waals surface area contributed by atoms with Gasteiger partial charge >= 0.3 is 0 Å². The number of allylic oxidation sites excluding steroid dienone is 2. The molecule has 0 spiro atoms. The molecule has 0 saturated heterocycles. The molecule has 134 valence electrons. The van der Waals surface area contributed by atoms with Crippen LogP contribution in [0.25, 0.3) is 5.57 Å². The lowest BCUT2D eigenvalue weighted by Gasteiger charge is -2.14. The van der Waals surface area contributed by atoms with Crippen LogP contribution in [0.15, 0.2) is 24.3 Å². The van der Waals surface area contributed by atoms with Crippen LogP contribution in [-0.2, 0) is 0 Å². The molecule has 0 fully saturated rings. The van der Waals surface area contributed by atoms with Crippen molar-refractivity contribution >= 4 is 5.57 Å². The van der Waals surface area contributed by atoms with Crippen LogP contribution < -0.4 is 4.74 Å². The van der Waals surface area contributed by atoms with E-state index in [0.717, 1.165) is 25.5 Å². The molecule has 0 atom stereocenters. The lowest BCUT2D eigenvalue weighted by Crippen LogP contribution is -1.96. The second kappa shape index (κ2) is 14.2. The molecule has 1 N–H and O–H groups in total. The van der Waals surface area contributed by atoms with E-state index in [1.807, 2.05) is 20.8 Å². The summed E-state index contributed by atoms with van der Waals surface area (Å²) in [6.45, 7) is 10.2. The van der Waals surface area contributed by atoms with Gasteiger partial charge in [-0.2, -0.15) is 0 Å². The van der Waals surface area contributed by atoms with Gasteiger partial charge in [0.25, 0.3) is 6.43 Å². The summed E-state index contributed by atoms with van der Waals surface area (Å²) < 4.78 is 31.3. The molecule has 0 amide bonds. The van der Waals surface area contributed by atoms with E-state index in [4.69, 9.17) is 9.84 Å². The molecule has 1 aromatic carbocycles. The van der Waals surface area contributed by atoms with E-state index in [9.17, 15) is 8.78 Å². The third-order valence-electron chi connectivity index (χ3n) is 3.06. The minimum absolute atomic E-state index is 0.0812. The van der Waals surface area contributed by atoms with Crippen molar-refractivity contribution in [3.63, 3.8) is 0 Å². The summed E-state index contributed by atoms with van der Waals surface area (Å²) in [6.07, 6.45) is 1.23. The molecule has 1 rings (SSSR count). The molecule has 0 unspecified atom stereocenters. The quantitative estimate of drug-likeness (QED) is 0.682. The molecular weight excluding hydrogens is 298 g/mol. The molecule has 0 heterocycles. The first kappa shape index (κ1) is 23.8. The van der Waals surface area contributed by atoms with Gasteiger partial charge in [0.05, 0.1) is 7.11 Å². The predicted octanol–water partition coefficient (Wildman–Crippen LogP) is 6.11. The van der Waals surface area contributed by atoms with E-state index >= 15 is 0 Å². The van der Waals surface area contributed by atoms with E-state index in [1.54, 1.807) is 19.2 Å². The van der Waals surface area contributed by atoms with Gasteiger partial charge in [-0.25, -0.2) is 8.78 Å². The number of rotatable bonds is 6. The minimum atomic E-state index is -2.46. The van der Waals surface area contributed by atoms with Gasteiger partial charge in [-0.05, 0) is 48.1 Å². The number of aliphatic hydroxyl groups excluding tert-OH is 1. The second-order valence-corrected chi connectivity index (χ2v) is 4.97. The summed E-state index contributed by atoms with van der Waals surface area (Å²) in [5, 5.41) is 7.00. The number of alkyl halides is 2. The van der Waals surface area contributed by atoms with Crippen molar-refractivity contribution in [2.75, 3.05) is 14.2 Å². The van der Waals surface area contributed by atoms with Gasteiger partial charge in [0, 0.05) is 12.7 Å². The molecule has 0 aromatic heterocycles. The average molecular weight is 330 g/mol. The van der Waals surface area contributed by atoms with Crippen molar-refractivity contribution < 1.29 is 18.6 Å². The minimum Gasteiger partial charge on any atom is -0.497 e. The summed E-state index contributed by atoms with van der Waals surface area (Å²) in [6, 6.07) is 4.75. The molecule has 0 radical (unpaired) electrons. The van der Waals surface area contributed by atoms with Crippen molar-refractivity contribution in [2.45, 2.75) is 53.9 Å². The smallest absolute Gasteiger partial charge is 0.264 e. The Kier molecular flexibility index (Phi) is 14.7. The summed E-state index contributed by atoms with van der Waals surface area (Å²) in [5.74, 6) is 1.13. The molecule has 0 aliphatic rings. The van der Waals surface area contributed by atoms with Crippen LogP contribution >= 0.6 is 0 Å². The van der Waals surface area contributed by atoms with Crippen molar-refractivity contribution in [3.05, 3.63) is 35.4 Å². The number of methoxy groups -OCH3 is 1. The van der Waals surface area contributed by atoms with Crippen LogP contribution in [0.4, 0.5) is 8.78 Å². The fraction of sp³-hybridized carbons (Fsp3) is 0.579. The first-order valence-electron chi connectivity index (χ1n) is 8.09. The number of hydrogen-bond donors (Lipinski definition) is 1. The summed E-state index contributed by atoms with van der Waals surface area (Å²) in [4.78, 5) is 0. The number of aliphatic hydroxyl groups is 1. The maximum absolute atomic E-state index is 13.1. The summed E-state index contributed by atoms with van der Waals surface area (Å²) in [7, 11) is 2.55. The van der Waals surface area contributed by atoms with Crippen LogP contribution in [0.2, 0.25) is 0 Å². The predicted molar refractivity (Wildman–Crippen MR) is 95.2 cm³/mol. The zero-order valence-corrected chi connectivity index (χ0v) is 15.5.